The zero-order valence-electron chi connectivity index (χ0n) is 15.8. The van der Waals surface area contributed by atoms with Crippen LogP contribution in [0.1, 0.15) is 18.4 Å². The van der Waals surface area contributed by atoms with Crippen LogP contribution in [0.15, 0.2) is 51.8 Å². The molecule has 6 nitrogen and oxygen atoms in total. The molecule has 1 amide bonds. The predicted octanol–water partition coefficient (Wildman–Crippen LogP) is 3.81. The smallest absolute Gasteiger partial charge is 0.243 e. The monoisotopic (exact) mass is 466 g/mol. The molecule has 1 N–H and O–H groups in total. The second-order valence-corrected chi connectivity index (χ2v) is 9.70. The van der Waals surface area contributed by atoms with Gasteiger partial charge in [-0.05, 0) is 61.7 Å². The highest BCUT2D eigenvalue weighted by molar-refractivity contribution is 9.10. The first-order valence-corrected chi connectivity index (χ1v) is 11.3. The van der Waals surface area contributed by atoms with E-state index in [0.717, 1.165) is 10.0 Å². The van der Waals surface area contributed by atoms with E-state index >= 15 is 0 Å². The van der Waals surface area contributed by atoms with Gasteiger partial charge in [-0.1, -0.05) is 22.0 Å². The Morgan fingerprint density at radius 2 is 1.93 bits per heavy atom. The number of hydrogen-bond donors (Lipinski definition) is 1. The summed E-state index contributed by atoms with van der Waals surface area (Å²) in [6.07, 6.45) is 1.28. The number of sulfonamides is 1. The molecule has 3 rings (SSSR count). The number of aryl methyl sites for hydroxylation is 1. The summed E-state index contributed by atoms with van der Waals surface area (Å²) in [6.45, 7) is 2.51. The average molecular weight is 467 g/mol. The summed E-state index contributed by atoms with van der Waals surface area (Å²) in [7, 11) is -2.08. The van der Waals surface area contributed by atoms with Gasteiger partial charge < -0.3 is 10.1 Å². The Morgan fingerprint density at radius 3 is 2.61 bits per heavy atom. The van der Waals surface area contributed by atoms with E-state index in [1.807, 2.05) is 19.1 Å². The summed E-state index contributed by atoms with van der Waals surface area (Å²) in [4.78, 5) is 13.0. The first-order chi connectivity index (χ1) is 13.3. The van der Waals surface area contributed by atoms with E-state index in [0.29, 0.717) is 30.8 Å². The van der Waals surface area contributed by atoms with Crippen molar-refractivity contribution in [2.24, 2.45) is 5.92 Å². The molecular formula is C20H23BrN2O4S. The molecule has 0 unspecified atom stereocenters. The summed E-state index contributed by atoms with van der Waals surface area (Å²) >= 11 is 3.31. The van der Waals surface area contributed by atoms with Gasteiger partial charge in [-0.3, -0.25) is 4.79 Å². The minimum Gasteiger partial charge on any atom is -0.495 e. The van der Waals surface area contributed by atoms with E-state index in [1.54, 1.807) is 37.4 Å². The predicted molar refractivity (Wildman–Crippen MR) is 112 cm³/mol. The molecule has 8 heteroatoms. The summed E-state index contributed by atoms with van der Waals surface area (Å²) in [5, 5.41) is 2.90. The molecule has 0 saturated carbocycles. The van der Waals surface area contributed by atoms with Gasteiger partial charge >= 0.3 is 0 Å². The Bertz CT molecular complexity index is 961. The van der Waals surface area contributed by atoms with Crippen LogP contribution in [-0.2, 0) is 14.8 Å². The fourth-order valence-electron chi connectivity index (χ4n) is 3.28. The lowest BCUT2D eigenvalue weighted by molar-refractivity contribution is -0.120. The molecule has 0 bridgehead atoms. The fraction of sp³-hybridized carbons (Fsp3) is 0.350. The van der Waals surface area contributed by atoms with Crippen molar-refractivity contribution >= 4 is 37.5 Å². The second-order valence-electron chi connectivity index (χ2n) is 6.85. The van der Waals surface area contributed by atoms with E-state index in [9.17, 15) is 13.2 Å². The van der Waals surface area contributed by atoms with E-state index in [-0.39, 0.29) is 17.3 Å². The topological polar surface area (TPSA) is 75.7 Å². The van der Waals surface area contributed by atoms with E-state index < -0.39 is 15.9 Å². The van der Waals surface area contributed by atoms with Gasteiger partial charge in [0.2, 0.25) is 15.9 Å². The SMILES string of the molecule is COc1ccc(C)cc1NC(=O)[C@H]1CCCN(S(=O)(=O)c2ccc(Br)cc2)C1. The Balaban J connectivity index is 1.75. The van der Waals surface area contributed by atoms with Crippen LogP contribution in [-0.4, -0.2) is 38.8 Å². The molecule has 1 heterocycles. The van der Waals surface area contributed by atoms with Crippen molar-refractivity contribution in [1.29, 1.82) is 0 Å². The molecule has 1 fully saturated rings. The molecule has 1 aliphatic heterocycles. The van der Waals surface area contributed by atoms with E-state index in [1.165, 1.54) is 4.31 Å². The van der Waals surface area contributed by atoms with Crippen molar-refractivity contribution in [2.75, 3.05) is 25.5 Å². The van der Waals surface area contributed by atoms with Gasteiger partial charge in [0.25, 0.3) is 0 Å². The van der Waals surface area contributed by atoms with Crippen molar-refractivity contribution in [3.8, 4) is 5.75 Å². The number of ether oxygens (including phenoxy) is 1. The van der Waals surface area contributed by atoms with Gasteiger partial charge in [-0.15, -0.1) is 0 Å². The van der Waals surface area contributed by atoms with Gasteiger partial charge in [0.1, 0.15) is 5.75 Å². The third kappa shape index (κ3) is 4.56. The Morgan fingerprint density at radius 1 is 1.21 bits per heavy atom. The number of amides is 1. The summed E-state index contributed by atoms with van der Waals surface area (Å²) in [6, 6.07) is 12.1. The largest absolute Gasteiger partial charge is 0.495 e. The lowest BCUT2D eigenvalue weighted by Gasteiger charge is -2.31. The standard InChI is InChI=1S/C20H23BrN2O4S/c1-14-5-10-19(27-2)18(12-14)22-20(24)15-4-3-11-23(13-15)28(25,26)17-8-6-16(21)7-9-17/h5-10,12,15H,3-4,11,13H2,1-2H3,(H,22,24)/t15-/m0/s1. The zero-order chi connectivity index (χ0) is 20.3. The Labute approximate surface area is 174 Å². The number of rotatable bonds is 5. The fourth-order valence-corrected chi connectivity index (χ4v) is 5.07. The number of benzene rings is 2. The average Bonchev–Trinajstić information content (AvgIpc) is 2.68. The first-order valence-electron chi connectivity index (χ1n) is 9.02. The lowest BCUT2D eigenvalue weighted by Crippen LogP contribution is -2.43. The van der Waals surface area contributed by atoms with Crippen molar-refractivity contribution in [1.82, 2.24) is 4.31 Å². The summed E-state index contributed by atoms with van der Waals surface area (Å²) in [5.41, 5.74) is 1.60. The molecule has 0 aromatic heterocycles. The van der Waals surface area contributed by atoms with Gasteiger partial charge in [0, 0.05) is 17.6 Å². The van der Waals surface area contributed by atoms with Crippen LogP contribution in [0, 0.1) is 12.8 Å². The minimum atomic E-state index is -3.63. The molecule has 0 spiro atoms. The van der Waals surface area contributed by atoms with Crippen LogP contribution >= 0.6 is 15.9 Å². The van der Waals surface area contributed by atoms with Crippen molar-refractivity contribution in [3.05, 3.63) is 52.5 Å². The number of carbonyl (C=O) groups is 1. The van der Waals surface area contributed by atoms with Crippen LogP contribution < -0.4 is 10.1 Å². The molecular weight excluding hydrogens is 444 g/mol. The molecule has 28 heavy (non-hydrogen) atoms. The van der Waals surface area contributed by atoms with Gasteiger partial charge in [-0.25, -0.2) is 8.42 Å². The van der Waals surface area contributed by atoms with Crippen molar-refractivity contribution in [2.45, 2.75) is 24.7 Å². The van der Waals surface area contributed by atoms with Crippen LogP contribution in [0.3, 0.4) is 0 Å². The molecule has 2 aromatic rings. The number of carbonyl (C=O) groups excluding carboxylic acids is 1. The van der Waals surface area contributed by atoms with Gasteiger partial charge in [0.15, 0.2) is 0 Å². The van der Waals surface area contributed by atoms with Crippen molar-refractivity contribution < 1.29 is 17.9 Å². The Kier molecular flexibility index (Phi) is 6.42. The maximum Gasteiger partial charge on any atom is 0.243 e. The third-order valence-electron chi connectivity index (χ3n) is 4.82. The molecule has 0 radical (unpaired) electrons. The highest BCUT2D eigenvalue weighted by atomic mass is 79.9. The molecule has 1 saturated heterocycles. The second kappa shape index (κ2) is 8.63. The van der Waals surface area contributed by atoms with Gasteiger partial charge in [-0.2, -0.15) is 4.31 Å². The molecule has 0 aliphatic carbocycles. The first kappa shape index (κ1) is 20.8. The summed E-state index contributed by atoms with van der Waals surface area (Å²) < 4.78 is 33.4. The maximum atomic E-state index is 12.9. The quantitative estimate of drug-likeness (QED) is 0.726. The van der Waals surface area contributed by atoms with Crippen LogP contribution in [0.4, 0.5) is 5.69 Å². The molecule has 1 aliphatic rings. The third-order valence-corrected chi connectivity index (χ3v) is 7.23. The van der Waals surface area contributed by atoms with Gasteiger partial charge in [0.05, 0.1) is 23.6 Å². The molecule has 150 valence electrons. The van der Waals surface area contributed by atoms with Crippen molar-refractivity contribution in [3.63, 3.8) is 0 Å². The highest BCUT2D eigenvalue weighted by Crippen LogP contribution is 2.29. The van der Waals surface area contributed by atoms with Crippen LogP contribution in [0.2, 0.25) is 0 Å². The maximum absolute atomic E-state index is 12.9. The number of piperidine rings is 1. The van der Waals surface area contributed by atoms with E-state index in [4.69, 9.17) is 4.74 Å². The molecule has 1 atom stereocenters. The molecule has 2 aromatic carbocycles. The number of nitrogens with zero attached hydrogens (tertiary/aromatic N) is 1. The number of nitrogens with one attached hydrogen (secondary N) is 1. The Hall–Kier alpha value is -1.90. The van der Waals surface area contributed by atoms with E-state index in [2.05, 4.69) is 21.2 Å². The number of hydrogen-bond acceptors (Lipinski definition) is 4. The summed E-state index contributed by atoms with van der Waals surface area (Å²) in [5.74, 6) is -0.0297. The highest BCUT2D eigenvalue weighted by Gasteiger charge is 2.33. The number of anilines is 1. The minimum absolute atomic E-state index is 0.165. The lowest BCUT2D eigenvalue weighted by atomic mass is 9.98. The number of methoxy groups -OCH3 is 1. The van der Waals surface area contributed by atoms with Crippen LogP contribution in [0.5, 0.6) is 5.75 Å². The number of halogens is 1. The van der Waals surface area contributed by atoms with Crippen LogP contribution in [0.25, 0.3) is 0 Å². The normalized spacial score (nSPS) is 17.9. The zero-order valence-corrected chi connectivity index (χ0v) is 18.2.